The van der Waals surface area contributed by atoms with E-state index in [0.29, 0.717) is 35.0 Å². The first-order valence-electron chi connectivity index (χ1n) is 13.7. The third-order valence-electron chi connectivity index (χ3n) is 6.99. The Morgan fingerprint density at radius 1 is 0.927 bits per heavy atom. The Morgan fingerprint density at radius 2 is 1.73 bits per heavy atom. The van der Waals surface area contributed by atoms with Crippen molar-refractivity contribution in [3.63, 3.8) is 0 Å². The number of unbranched alkanes of at least 4 members (excludes halogenated alkanes) is 1. The van der Waals surface area contributed by atoms with E-state index in [0.717, 1.165) is 24.0 Å². The minimum Gasteiger partial charge on any atom is -0.507 e. The van der Waals surface area contributed by atoms with Gasteiger partial charge in [-0.1, -0.05) is 49.7 Å². The van der Waals surface area contributed by atoms with Gasteiger partial charge in [-0.2, -0.15) is 0 Å². The molecule has 1 aromatic heterocycles. The first-order valence-corrected chi connectivity index (χ1v) is 13.7. The highest BCUT2D eigenvalue weighted by Crippen LogP contribution is 2.42. The summed E-state index contributed by atoms with van der Waals surface area (Å²) >= 11 is 0. The van der Waals surface area contributed by atoms with Crippen molar-refractivity contribution in [2.75, 3.05) is 6.61 Å². The van der Waals surface area contributed by atoms with Gasteiger partial charge in [-0.3, -0.25) is 14.6 Å². The van der Waals surface area contributed by atoms with Crippen molar-refractivity contribution >= 4 is 17.4 Å². The van der Waals surface area contributed by atoms with Crippen LogP contribution in [0, 0.1) is 6.92 Å². The second-order valence-electron chi connectivity index (χ2n) is 9.95. The number of aliphatic hydroxyl groups excluding tert-OH is 1. The van der Waals surface area contributed by atoms with Crippen LogP contribution in [-0.2, 0) is 16.1 Å². The zero-order chi connectivity index (χ0) is 28.8. The second kappa shape index (κ2) is 12.5. The molecule has 1 saturated heterocycles. The number of carbonyl (C=O) groups is 2. The Hall–Kier alpha value is -4.91. The molecule has 5 rings (SSSR count). The average Bonchev–Trinajstić information content (AvgIpc) is 3.23. The minimum absolute atomic E-state index is 0.0264. The van der Waals surface area contributed by atoms with Crippen LogP contribution in [0.5, 0.6) is 17.2 Å². The first-order chi connectivity index (χ1) is 20.0. The molecule has 7 nitrogen and oxygen atoms in total. The van der Waals surface area contributed by atoms with Gasteiger partial charge in [0.25, 0.3) is 11.7 Å². The summed E-state index contributed by atoms with van der Waals surface area (Å²) in [6.45, 7) is 4.69. The fourth-order valence-electron chi connectivity index (χ4n) is 4.92. The highest BCUT2D eigenvalue weighted by Gasteiger charge is 2.46. The predicted molar refractivity (Wildman–Crippen MR) is 157 cm³/mol. The summed E-state index contributed by atoms with van der Waals surface area (Å²) < 4.78 is 11.9. The summed E-state index contributed by atoms with van der Waals surface area (Å²) in [6, 6.07) is 24.7. The number of aliphatic hydroxyl groups is 1. The molecule has 0 aliphatic carbocycles. The van der Waals surface area contributed by atoms with Gasteiger partial charge in [0.1, 0.15) is 23.0 Å². The minimum atomic E-state index is -0.839. The topological polar surface area (TPSA) is 89.0 Å². The van der Waals surface area contributed by atoms with E-state index in [9.17, 15) is 14.7 Å². The van der Waals surface area contributed by atoms with E-state index >= 15 is 0 Å². The van der Waals surface area contributed by atoms with Gasteiger partial charge in [-0.25, -0.2) is 0 Å². The zero-order valence-electron chi connectivity index (χ0n) is 23.1. The van der Waals surface area contributed by atoms with Crippen LogP contribution in [0.4, 0.5) is 0 Å². The number of aromatic nitrogens is 1. The molecule has 7 heteroatoms. The van der Waals surface area contributed by atoms with Crippen LogP contribution in [-0.4, -0.2) is 33.3 Å². The van der Waals surface area contributed by atoms with E-state index < -0.39 is 17.7 Å². The lowest BCUT2D eigenvalue weighted by Crippen LogP contribution is -2.29. The summed E-state index contributed by atoms with van der Waals surface area (Å²) in [5.74, 6) is 0.234. The van der Waals surface area contributed by atoms with E-state index in [2.05, 4.69) is 11.9 Å². The molecule has 1 amide bonds. The van der Waals surface area contributed by atoms with Crippen LogP contribution in [0.2, 0.25) is 0 Å². The standard InChI is InChI=1S/C34H32N2O5/c1-3-4-18-40-27-15-16-29(23(2)19-27)32(37)30-31(36(34(39)33(30)38)22-24-10-9-17-35-21-24)25-11-8-14-28(20-25)41-26-12-6-5-7-13-26/h5-17,19-21,31,37H,3-4,18,22H2,1-2H3/b32-30+/t31-/m1/s1. The number of rotatable bonds is 10. The van der Waals surface area contributed by atoms with Gasteiger partial charge < -0.3 is 19.5 Å². The summed E-state index contributed by atoms with van der Waals surface area (Å²) in [5.41, 5.74) is 2.63. The van der Waals surface area contributed by atoms with Crippen molar-refractivity contribution in [1.82, 2.24) is 9.88 Å². The second-order valence-corrected chi connectivity index (χ2v) is 9.95. The summed E-state index contributed by atoms with van der Waals surface area (Å²) in [5, 5.41) is 11.6. The third-order valence-corrected chi connectivity index (χ3v) is 6.99. The molecule has 1 atom stereocenters. The Kier molecular flexibility index (Phi) is 8.44. The molecule has 1 N–H and O–H groups in total. The smallest absolute Gasteiger partial charge is 0.295 e. The summed E-state index contributed by atoms with van der Waals surface area (Å²) in [6.07, 6.45) is 5.27. The number of pyridine rings is 1. The summed E-state index contributed by atoms with van der Waals surface area (Å²) in [4.78, 5) is 32.7. The van der Waals surface area contributed by atoms with Crippen molar-refractivity contribution in [2.45, 2.75) is 39.3 Å². The van der Waals surface area contributed by atoms with Crippen LogP contribution in [0.15, 0.2) is 103 Å². The molecular weight excluding hydrogens is 516 g/mol. The van der Waals surface area contributed by atoms with E-state index in [4.69, 9.17) is 9.47 Å². The number of ketones is 1. The number of hydrogen-bond acceptors (Lipinski definition) is 6. The molecule has 4 aromatic rings. The molecular formula is C34H32N2O5. The normalized spacial score (nSPS) is 16.1. The van der Waals surface area contributed by atoms with E-state index in [1.165, 1.54) is 4.90 Å². The number of benzene rings is 3. The number of hydrogen-bond donors (Lipinski definition) is 1. The van der Waals surface area contributed by atoms with Crippen molar-refractivity contribution in [2.24, 2.45) is 0 Å². The Morgan fingerprint density at radius 3 is 2.46 bits per heavy atom. The molecule has 0 unspecified atom stereocenters. The van der Waals surface area contributed by atoms with Crippen LogP contribution >= 0.6 is 0 Å². The molecule has 3 aromatic carbocycles. The fourth-order valence-corrected chi connectivity index (χ4v) is 4.92. The van der Waals surface area contributed by atoms with Crippen molar-refractivity contribution < 1.29 is 24.2 Å². The average molecular weight is 549 g/mol. The first kappa shape index (κ1) is 27.6. The van der Waals surface area contributed by atoms with Crippen LogP contribution < -0.4 is 9.47 Å². The highest BCUT2D eigenvalue weighted by molar-refractivity contribution is 6.46. The molecule has 208 valence electrons. The van der Waals surface area contributed by atoms with Gasteiger partial charge in [-0.05, 0) is 78.6 Å². The quantitative estimate of drug-likeness (QED) is 0.0995. The van der Waals surface area contributed by atoms with Gasteiger partial charge in [0, 0.05) is 24.5 Å². The molecule has 1 aliphatic rings. The molecule has 41 heavy (non-hydrogen) atoms. The Labute approximate surface area is 239 Å². The maximum absolute atomic E-state index is 13.6. The number of carbonyl (C=O) groups excluding carboxylic acids is 2. The highest BCUT2D eigenvalue weighted by atomic mass is 16.5. The van der Waals surface area contributed by atoms with Gasteiger partial charge in [-0.15, -0.1) is 0 Å². The third kappa shape index (κ3) is 6.14. The number of para-hydroxylation sites is 1. The number of Topliss-reactive ketones (excluding diaryl/α,β-unsaturated/α-hetero) is 1. The largest absolute Gasteiger partial charge is 0.507 e. The maximum Gasteiger partial charge on any atom is 0.295 e. The molecule has 1 fully saturated rings. The monoisotopic (exact) mass is 548 g/mol. The Bertz CT molecular complexity index is 1570. The van der Waals surface area contributed by atoms with Crippen LogP contribution in [0.1, 0.15) is 48.1 Å². The number of likely N-dealkylation sites (tertiary alicyclic amines) is 1. The molecule has 0 spiro atoms. The molecule has 2 heterocycles. The zero-order valence-corrected chi connectivity index (χ0v) is 23.1. The van der Waals surface area contributed by atoms with Crippen molar-refractivity contribution in [1.29, 1.82) is 0 Å². The van der Waals surface area contributed by atoms with Gasteiger partial charge in [0.2, 0.25) is 0 Å². The number of aryl methyl sites for hydroxylation is 1. The van der Waals surface area contributed by atoms with Crippen LogP contribution in [0.3, 0.4) is 0 Å². The van der Waals surface area contributed by atoms with E-state index in [-0.39, 0.29) is 17.9 Å². The molecule has 0 radical (unpaired) electrons. The van der Waals surface area contributed by atoms with Crippen molar-refractivity contribution in [3.8, 4) is 17.2 Å². The lowest BCUT2D eigenvalue weighted by Gasteiger charge is -2.26. The number of ether oxygens (including phenoxy) is 2. The predicted octanol–water partition coefficient (Wildman–Crippen LogP) is 6.98. The summed E-state index contributed by atoms with van der Waals surface area (Å²) in [7, 11) is 0. The van der Waals surface area contributed by atoms with Gasteiger partial charge >= 0.3 is 0 Å². The molecule has 1 aliphatic heterocycles. The number of nitrogens with zero attached hydrogens (tertiary/aromatic N) is 2. The van der Waals surface area contributed by atoms with Crippen molar-refractivity contribution in [3.05, 3.63) is 125 Å². The lowest BCUT2D eigenvalue weighted by atomic mass is 9.93. The van der Waals surface area contributed by atoms with E-state index in [1.54, 1.807) is 36.7 Å². The lowest BCUT2D eigenvalue weighted by molar-refractivity contribution is -0.140. The molecule has 0 saturated carbocycles. The van der Waals surface area contributed by atoms with Gasteiger partial charge in [0.15, 0.2) is 0 Å². The van der Waals surface area contributed by atoms with Gasteiger partial charge in [0.05, 0.1) is 18.2 Å². The SMILES string of the molecule is CCCCOc1ccc(/C(O)=C2\C(=O)C(=O)N(Cc3cccnc3)[C@@H]2c2cccc(Oc3ccccc3)c2)c(C)c1. The van der Waals surface area contributed by atoms with Crippen LogP contribution in [0.25, 0.3) is 5.76 Å². The van der Waals surface area contributed by atoms with E-state index in [1.807, 2.05) is 67.6 Å². The fraction of sp³-hybridized carbons (Fsp3) is 0.206. The molecule has 0 bridgehead atoms. The number of amides is 1. The Balaban J connectivity index is 1.57. The maximum atomic E-state index is 13.6.